The number of carbonyl (C=O) groups excluding carboxylic acids is 3. The number of benzene rings is 1. The molecule has 6 heteroatoms. The van der Waals surface area contributed by atoms with E-state index in [1.54, 1.807) is 45.3 Å². The van der Waals surface area contributed by atoms with Crippen LogP contribution in [0.3, 0.4) is 0 Å². The SMILES string of the molecule is CN(C)C(=O)CC1(C)OCCC(=O)c2ccccc2NC1=O. The molecule has 22 heavy (non-hydrogen) atoms. The zero-order valence-electron chi connectivity index (χ0n) is 13.0. The lowest BCUT2D eigenvalue weighted by Gasteiger charge is -2.28. The zero-order valence-corrected chi connectivity index (χ0v) is 13.0. The maximum atomic E-state index is 12.6. The van der Waals surface area contributed by atoms with Gasteiger partial charge in [-0.1, -0.05) is 12.1 Å². The Bertz CT molecular complexity index is 612. The van der Waals surface area contributed by atoms with Crippen LogP contribution in [-0.4, -0.2) is 48.8 Å². The highest BCUT2D eigenvalue weighted by atomic mass is 16.5. The van der Waals surface area contributed by atoms with E-state index in [0.717, 1.165) is 0 Å². The van der Waals surface area contributed by atoms with Gasteiger partial charge in [0, 0.05) is 26.1 Å². The van der Waals surface area contributed by atoms with Gasteiger partial charge in [-0.3, -0.25) is 14.4 Å². The van der Waals surface area contributed by atoms with Crippen LogP contribution >= 0.6 is 0 Å². The monoisotopic (exact) mass is 304 g/mol. The maximum absolute atomic E-state index is 12.6. The topological polar surface area (TPSA) is 75.7 Å². The Hall–Kier alpha value is -2.21. The smallest absolute Gasteiger partial charge is 0.256 e. The fraction of sp³-hybridized carbons (Fsp3) is 0.438. The molecular formula is C16H20N2O4. The lowest BCUT2D eigenvalue weighted by Crippen LogP contribution is -2.46. The first kappa shape index (κ1) is 16.2. The summed E-state index contributed by atoms with van der Waals surface area (Å²) < 4.78 is 5.60. The molecule has 1 atom stereocenters. The lowest BCUT2D eigenvalue weighted by atomic mass is 9.99. The molecule has 1 aromatic carbocycles. The van der Waals surface area contributed by atoms with Gasteiger partial charge in [0.25, 0.3) is 5.91 Å². The van der Waals surface area contributed by atoms with Crippen molar-refractivity contribution in [2.45, 2.75) is 25.4 Å². The summed E-state index contributed by atoms with van der Waals surface area (Å²) in [6.45, 7) is 1.67. The first-order chi connectivity index (χ1) is 10.3. The molecule has 0 saturated heterocycles. The molecular weight excluding hydrogens is 284 g/mol. The van der Waals surface area contributed by atoms with Crippen molar-refractivity contribution in [3.05, 3.63) is 29.8 Å². The molecule has 1 unspecified atom stereocenters. The number of anilines is 1. The molecule has 1 aliphatic heterocycles. The molecule has 1 heterocycles. The fourth-order valence-corrected chi connectivity index (χ4v) is 2.24. The predicted molar refractivity (Wildman–Crippen MR) is 81.7 cm³/mol. The molecule has 0 saturated carbocycles. The number of Topliss-reactive ketones (excluding diaryl/α,β-unsaturated/α-hetero) is 1. The van der Waals surface area contributed by atoms with Crippen molar-refractivity contribution in [2.75, 3.05) is 26.0 Å². The van der Waals surface area contributed by atoms with Crippen LogP contribution in [0.15, 0.2) is 24.3 Å². The van der Waals surface area contributed by atoms with E-state index in [-0.39, 0.29) is 31.1 Å². The van der Waals surface area contributed by atoms with Crippen molar-refractivity contribution in [1.82, 2.24) is 4.90 Å². The second-order valence-electron chi connectivity index (χ2n) is 5.72. The quantitative estimate of drug-likeness (QED) is 0.897. The van der Waals surface area contributed by atoms with Gasteiger partial charge < -0.3 is 15.0 Å². The highest BCUT2D eigenvalue weighted by Gasteiger charge is 2.38. The second kappa shape index (κ2) is 6.27. The van der Waals surface area contributed by atoms with Gasteiger partial charge >= 0.3 is 0 Å². The molecule has 2 amide bonds. The van der Waals surface area contributed by atoms with Crippen molar-refractivity contribution in [3.63, 3.8) is 0 Å². The van der Waals surface area contributed by atoms with Crippen LogP contribution in [0, 0.1) is 0 Å². The number of carbonyl (C=O) groups is 3. The average molecular weight is 304 g/mol. The Labute approximate surface area is 129 Å². The number of nitrogens with zero attached hydrogens (tertiary/aromatic N) is 1. The molecule has 0 spiro atoms. The third kappa shape index (κ3) is 3.33. The molecule has 1 N–H and O–H groups in total. The molecule has 1 aromatic rings. The number of hydrogen-bond acceptors (Lipinski definition) is 4. The van der Waals surface area contributed by atoms with E-state index >= 15 is 0 Å². The first-order valence-corrected chi connectivity index (χ1v) is 7.11. The van der Waals surface area contributed by atoms with Gasteiger partial charge in [0.05, 0.1) is 18.7 Å². The summed E-state index contributed by atoms with van der Waals surface area (Å²) in [5, 5.41) is 2.71. The van der Waals surface area contributed by atoms with E-state index in [0.29, 0.717) is 11.3 Å². The van der Waals surface area contributed by atoms with E-state index in [1.165, 1.54) is 4.90 Å². The largest absolute Gasteiger partial charge is 0.364 e. The molecule has 0 aromatic heterocycles. The third-order valence-electron chi connectivity index (χ3n) is 3.69. The Balaban J connectivity index is 2.32. The van der Waals surface area contributed by atoms with Crippen molar-refractivity contribution in [2.24, 2.45) is 0 Å². The van der Waals surface area contributed by atoms with Gasteiger partial charge in [0.2, 0.25) is 5.91 Å². The lowest BCUT2D eigenvalue weighted by molar-refractivity contribution is -0.148. The Morgan fingerprint density at radius 1 is 1.32 bits per heavy atom. The van der Waals surface area contributed by atoms with Gasteiger partial charge in [-0.25, -0.2) is 0 Å². The van der Waals surface area contributed by atoms with Crippen molar-refractivity contribution < 1.29 is 19.1 Å². The molecule has 2 rings (SSSR count). The minimum absolute atomic E-state index is 0.0812. The van der Waals surface area contributed by atoms with Crippen LogP contribution < -0.4 is 5.32 Å². The molecule has 0 aliphatic carbocycles. The summed E-state index contributed by atoms with van der Waals surface area (Å²) in [5.74, 6) is -0.736. The summed E-state index contributed by atoms with van der Waals surface area (Å²) in [7, 11) is 3.25. The van der Waals surface area contributed by atoms with Crippen molar-refractivity contribution in [1.29, 1.82) is 0 Å². The number of rotatable bonds is 2. The van der Waals surface area contributed by atoms with Crippen LogP contribution in [0.5, 0.6) is 0 Å². The van der Waals surface area contributed by atoms with Crippen LogP contribution in [0.2, 0.25) is 0 Å². The highest BCUT2D eigenvalue weighted by molar-refractivity contribution is 6.07. The number of nitrogens with one attached hydrogen (secondary N) is 1. The molecule has 0 fully saturated rings. The Morgan fingerprint density at radius 2 is 2.00 bits per heavy atom. The van der Waals surface area contributed by atoms with Gasteiger partial charge in [0.15, 0.2) is 11.4 Å². The van der Waals surface area contributed by atoms with Crippen LogP contribution in [0.4, 0.5) is 5.69 Å². The number of ketones is 1. The fourth-order valence-electron chi connectivity index (χ4n) is 2.24. The maximum Gasteiger partial charge on any atom is 0.256 e. The van der Waals surface area contributed by atoms with Crippen LogP contribution in [-0.2, 0) is 14.3 Å². The average Bonchev–Trinajstić information content (AvgIpc) is 2.50. The summed E-state index contributed by atoms with van der Waals surface area (Å²) in [6, 6.07) is 6.83. The molecule has 0 bridgehead atoms. The molecule has 0 radical (unpaired) electrons. The molecule has 1 aliphatic rings. The summed E-state index contributed by atoms with van der Waals surface area (Å²) in [4.78, 5) is 38.1. The summed E-state index contributed by atoms with van der Waals surface area (Å²) in [5.41, 5.74) is -0.395. The van der Waals surface area contributed by atoms with Gasteiger partial charge in [-0.15, -0.1) is 0 Å². The first-order valence-electron chi connectivity index (χ1n) is 7.11. The van der Waals surface area contributed by atoms with E-state index in [2.05, 4.69) is 5.32 Å². The highest BCUT2D eigenvalue weighted by Crippen LogP contribution is 2.25. The third-order valence-corrected chi connectivity index (χ3v) is 3.69. The number of amides is 2. The predicted octanol–water partition coefficient (Wildman–Crippen LogP) is 1.47. The van der Waals surface area contributed by atoms with E-state index in [4.69, 9.17) is 4.74 Å². The minimum Gasteiger partial charge on any atom is -0.364 e. The van der Waals surface area contributed by atoms with Crippen molar-refractivity contribution >= 4 is 23.3 Å². The van der Waals surface area contributed by atoms with Gasteiger partial charge in [-0.05, 0) is 19.1 Å². The molecule has 6 nitrogen and oxygen atoms in total. The minimum atomic E-state index is -1.31. The van der Waals surface area contributed by atoms with Gasteiger partial charge in [-0.2, -0.15) is 0 Å². The zero-order chi connectivity index (χ0) is 16.3. The van der Waals surface area contributed by atoms with Gasteiger partial charge in [0.1, 0.15) is 0 Å². The van der Waals surface area contributed by atoms with E-state index in [1.807, 2.05) is 0 Å². The standard InChI is InChI=1S/C16H20N2O4/c1-16(10-14(20)18(2)3)15(21)17-12-7-5-4-6-11(12)13(19)8-9-22-16/h4-7H,8-10H2,1-3H3,(H,17,21). The Morgan fingerprint density at radius 3 is 2.68 bits per heavy atom. The Kier molecular flexibility index (Phi) is 4.61. The van der Waals surface area contributed by atoms with Crippen LogP contribution in [0.25, 0.3) is 0 Å². The summed E-state index contributed by atoms with van der Waals surface area (Å²) >= 11 is 0. The normalized spacial score (nSPS) is 22.0. The van der Waals surface area contributed by atoms with E-state index < -0.39 is 11.5 Å². The van der Waals surface area contributed by atoms with E-state index in [9.17, 15) is 14.4 Å². The summed E-state index contributed by atoms with van der Waals surface area (Å²) in [6.07, 6.45) is 0.0832. The molecule has 118 valence electrons. The number of hydrogen-bond donors (Lipinski definition) is 1. The number of ether oxygens (including phenoxy) is 1. The number of fused-ring (bicyclic) bond motifs is 1. The van der Waals surface area contributed by atoms with Crippen LogP contribution in [0.1, 0.15) is 30.1 Å². The number of para-hydroxylation sites is 1. The second-order valence-corrected chi connectivity index (χ2v) is 5.72. The van der Waals surface area contributed by atoms with Crippen molar-refractivity contribution in [3.8, 4) is 0 Å².